The number of benzene rings is 2. The number of rotatable bonds is 7. The smallest absolute Gasteiger partial charge is 0.251 e. The summed E-state index contributed by atoms with van der Waals surface area (Å²) in [7, 11) is 0. The minimum Gasteiger partial charge on any atom is -0.394 e. The Balaban J connectivity index is 2.41. The van der Waals surface area contributed by atoms with E-state index in [1.807, 2.05) is 45.0 Å². The van der Waals surface area contributed by atoms with E-state index in [1.54, 1.807) is 25.1 Å². The van der Waals surface area contributed by atoms with E-state index in [0.717, 1.165) is 16.7 Å². The second kappa shape index (κ2) is 9.33. The molecule has 5 heteroatoms. The molecule has 0 saturated heterocycles. The summed E-state index contributed by atoms with van der Waals surface area (Å²) >= 11 is 0. The van der Waals surface area contributed by atoms with Crippen molar-refractivity contribution in [1.82, 2.24) is 10.6 Å². The average Bonchev–Trinajstić information content (AvgIpc) is 2.66. The molecule has 3 N–H and O–H groups in total. The first-order valence-electron chi connectivity index (χ1n) is 9.22. The number of amides is 2. The summed E-state index contributed by atoms with van der Waals surface area (Å²) in [6, 6.07) is 12.7. The lowest BCUT2D eigenvalue weighted by Crippen LogP contribution is -2.35. The zero-order chi connectivity index (χ0) is 20.0. The van der Waals surface area contributed by atoms with Crippen LogP contribution in [0, 0.1) is 12.8 Å². The molecular formula is C22H28N2O3. The molecule has 2 aromatic carbocycles. The highest BCUT2D eigenvalue weighted by Crippen LogP contribution is 2.23. The molecule has 2 aromatic rings. The van der Waals surface area contributed by atoms with Gasteiger partial charge < -0.3 is 15.7 Å². The molecule has 0 aliphatic heterocycles. The van der Waals surface area contributed by atoms with Crippen molar-refractivity contribution in [2.75, 3.05) is 13.2 Å². The van der Waals surface area contributed by atoms with Crippen LogP contribution in [0.25, 0.3) is 11.1 Å². The molecule has 0 aliphatic carbocycles. The Bertz CT molecular complexity index is 798. The van der Waals surface area contributed by atoms with Gasteiger partial charge in [0.15, 0.2) is 0 Å². The van der Waals surface area contributed by atoms with Crippen molar-refractivity contribution in [2.24, 2.45) is 5.92 Å². The minimum absolute atomic E-state index is 0.148. The largest absolute Gasteiger partial charge is 0.394 e. The van der Waals surface area contributed by atoms with Crippen LogP contribution in [-0.2, 0) is 0 Å². The second-order valence-corrected chi connectivity index (χ2v) is 7.33. The van der Waals surface area contributed by atoms with E-state index in [4.69, 9.17) is 0 Å². The number of aliphatic hydroxyl groups is 1. The molecule has 0 bridgehead atoms. The Morgan fingerprint density at radius 1 is 0.926 bits per heavy atom. The van der Waals surface area contributed by atoms with Gasteiger partial charge in [-0.1, -0.05) is 43.7 Å². The van der Waals surface area contributed by atoms with Crippen molar-refractivity contribution >= 4 is 11.8 Å². The molecular weight excluding hydrogens is 340 g/mol. The average molecular weight is 368 g/mol. The molecule has 2 rings (SSSR count). The number of nitrogens with one attached hydrogen (secondary N) is 2. The molecule has 0 saturated carbocycles. The quantitative estimate of drug-likeness (QED) is 0.702. The molecule has 1 atom stereocenters. The van der Waals surface area contributed by atoms with Crippen LogP contribution in [0.15, 0.2) is 42.5 Å². The molecule has 27 heavy (non-hydrogen) atoms. The predicted molar refractivity (Wildman–Crippen MR) is 108 cm³/mol. The summed E-state index contributed by atoms with van der Waals surface area (Å²) in [5.74, 6) is -0.187. The van der Waals surface area contributed by atoms with Crippen LogP contribution in [0.5, 0.6) is 0 Å². The van der Waals surface area contributed by atoms with Gasteiger partial charge in [0.2, 0.25) is 0 Å². The highest BCUT2D eigenvalue weighted by molar-refractivity contribution is 6.01. The molecule has 5 nitrogen and oxygen atoms in total. The molecule has 144 valence electrons. The van der Waals surface area contributed by atoms with E-state index in [2.05, 4.69) is 10.6 Å². The van der Waals surface area contributed by atoms with Crippen molar-refractivity contribution in [3.8, 4) is 11.1 Å². The number of aryl methyl sites for hydroxylation is 1. The molecule has 0 aromatic heterocycles. The van der Waals surface area contributed by atoms with E-state index in [-0.39, 0.29) is 24.5 Å². The van der Waals surface area contributed by atoms with Gasteiger partial charge in [-0.2, -0.15) is 0 Å². The van der Waals surface area contributed by atoms with Crippen LogP contribution in [0.4, 0.5) is 0 Å². The number of carbonyl (C=O) groups excluding carboxylic acids is 2. The van der Waals surface area contributed by atoms with Gasteiger partial charge in [0.1, 0.15) is 0 Å². The summed E-state index contributed by atoms with van der Waals surface area (Å²) < 4.78 is 0. The van der Waals surface area contributed by atoms with E-state index >= 15 is 0 Å². The van der Waals surface area contributed by atoms with Crippen molar-refractivity contribution in [3.05, 3.63) is 59.2 Å². The summed E-state index contributed by atoms with van der Waals surface area (Å²) in [6.45, 7) is 8.20. The van der Waals surface area contributed by atoms with Gasteiger partial charge in [-0.05, 0) is 49.1 Å². The first kappa shape index (κ1) is 20.6. The molecule has 0 radical (unpaired) electrons. The van der Waals surface area contributed by atoms with Gasteiger partial charge in [0.25, 0.3) is 11.8 Å². The highest BCUT2D eigenvalue weighted by atomic mass is 16.3. The molecule has 0 spiro atoms. The lowest BCUT2D eigenvalue weighted by molar-refractivity contribution is 0.0922. The van der Waals surface area contributed by atoms with Gasteiger partial charge in [0.05, 0.1) is 6.61 Å². The fourth-order valence-corrected chi connectivity index (χ4v) is 2.55. The third-order valence-corrected chi connectivity index (χ3v) is 4.16. The summed E-state index contributed by atoms with van der Waals surface area (Å²) in [5.41, 5.74) is 3.70. The van der Waals surface area contributed by atoms with Gasteiger partial charge in [-0.25, -0.2) is 0 Å². The highest BCUT2D eigenvalue weighted by Gasteiger charge is 2.15. The maximum atomic E-state index is 12.6. The summed E-state index contributed by atoms with van der Waals surface area (Å²) in [5, 5.41) is 14.8. The molecule has 0 unspecified atom stereocenters. The van der Waals surface area contributed by atoms with E-state index in [9.17, 15) is 14.7 Å². The van der Waals surface area contributed by atoms with Crippen molar-refractivity contribution < 1.29 is 14.7 Å². The van der Waals surface area contributed by atoms with Crippen LogP contribution < -0.4 is 10.6 Å². The molecule has 0 fully saturated rings. The lowest BCUT2D eigenvalue weighted by atomic mass is 9.98. The standard InChI is InChI=1S/C22H28N2O3/c1-14(2)12-23-21(26)19-9-18(17-7-5-15(3)6-8-17)10-20(11-19)22(27)24-16(4)13-25/h5-11,14,16,25H,12-13H2,1-4H3,(H,23,26)(H,24,27)/t16-/m0/s1. The van der Waals surface area contributed by atoms with Gasteiger partial charge in [-0.3, -0.25) is 9.59 Å². The fraction of sp³-hybridized carbons (Fsp3) is 0.364. The Kier molecular flexibility index (Phi) is 7.13. The Morgan fingerprint density at radius 2 is 1.52 bits per heavy atom. The topological polar surface area (TPSA) is 78.4 Å². The molecule has 0 heterocycles. The number of hydrogen-bond donors (Lipinski definition) is 3. The predicted octanol–water partition coefficient (Wildman–Crippen LogP) is 3.16. The normalized spacial score (nSPS) is 11.9. The maximum Gasteiger partial charge on any atom is 0.251 e. The Labute approximate surface area is 160 Å². The SMILES string of the molecule is Cc1ccc(-c2cc(C(=O)NCC(C)C)cc(C(=O)N[C@@H](C)CO)c2)cc1. The van der Waals surface area contributed by atoms with Crippen molar-refractivity contribution in [1.29, 1.82) is 0 Å². The first-order valence-corrected chi connectivity index (χ1v) is 9.22. The fourth-order valence-electron chi connectivity index (χ4n) is 2.55. The van der Waals surface area contributed by atoms with Crippen LogP contribution in [-0.4, -0.2) is 36.1 Å². The van der Waals surface area contributed by atoms with Crippen LogP contribution in [0.2, 0.25) is 0 Å². The van der Waals surface area contributed by atoms with Crippen molar-refractivity contribution in [2.45, 2.75) is 33.7 Å². The van der Waals surface area contributed by atoms with E-state index in [0.29, 0.717) is 23.6 Å². The first-order chi connectivity index (χ1) is 12.8. The zero-order valence-electron chi connectivity index (χ0n) is 16.4. The molecule has 2 amide bonds. The van der Waals surface area contributed by atoms with Gasteiger partial charge in [-0.15, -0.1) is 0 Å². The monoisotopic (exact) mass is 368 g/mol. The number of carbonyl (C=O) groups is 2. The van der Waals surface area contributed by atoms with Gasteiger partial charge >= 0.3 is 0 Å². The third kappa shape index (κ3) is 5.93. The Morgan fingerprint density at radius 3 is 2.07 bits per heavy atom. The minimum atomic E-state index is -0.362. The summed E-state index contributed by atoms with van der Waals surface area (Å²) in [6.07, 6.45) is 0. The lowest BCUT2D eigenvalue weighted by Gasteiger charge is -2.14. The van der Waals surface area contributed by atoms with E-state index in [1.165, 1.54) is 0 Å². The number of hydrogen-bond acceptors (Lipinski definition) is 3. The second-order valence-electron chi connectivity index (χ2n) is 7.33. The Hall–Kier alpha value is -2.66. The third-order valence-electron chi connectivity index (χ3n) is 4.16. The van der Waals surface area contributed by atoms with Crippen LogP contribution in [0.3, 0.4) is 0 Å². The summed E-state index contributed by atoms with van der Waals surface area (Å²) in [4.78, 5) is 25.1. The zero-order valence-corrected chi connectivity index (χ0v) is 16.4. The number of aliphatic hydroxyl groups excluding tert-OH is 1. The van der Waals surface area contributed by atoms with Crippen molar-refractivity contribution in [3.63, 3.8) is 0 Å². The van der Waals surface area contributed by atoms with Crippen LogP contribution >= 0.6 is 0 Å². The van der Waals surface area contributed by atoms with Crippen LogP contribution in [0.1, 0.15) is 47.1 Å². The maximum absolute atomic E-state index is 12.6. The van der Waals surface area contributed by atoms with Gasteiger partial charge in [0, 0.05) is 23.7 Å². The van der Waals surface area contributed by atoms with E-state index < -0.39 is 0 Å². The molecule has 0 aliphatic rings.